The zero-order valence-electron chi connectivity index (χ0n) is 7.23. The van der Waals surface area contributed by atoms with E-state index >= 15 is 0 Å². The number of ketones is 1. The van der Waals surface area contributed by atoms with Gasteiger partial charge in [0.05, 0.1) is 6.54 Å². The largest absolute Gasteiger partial charge is 0.301 e. The van der Waals surface area contributed by atoms with Crippen molar-refractivity contribution in [1.82, 2.24) is 9.21 Å². The molecule has 2 rings (SSSR count). The average Bonchev–Trinajstić information content (AvgIpc) is 2.33. The Hall–Kier alpha value is -0.0600. The van der Waals surface area contributed by atoms with Crippen LogP contribution in [0.1, 0.15) is 6.42 Å². The number of nitrogens with zero attached hydrogens (tertiary/aromatic N) is 2. The smallest absolute Gasteiger partial charge is 0.152 e. The van der Waals surface area contributed by atoms with Gasteiger partial charge in [-0.1, -0.05) is 12.8 Å². The van der Waals surface area contributed by atoms with Gasteiger partial charge in [-0.25, -0.2) is 4.31 Å². The molecule has 2 atom stereocenters. The van der Waals surface area contributed by atoms with E-state index in [-0.39, 0.29) is 0 Å². The molecule has 2 saturated heterocycles. The molecular formula is C8H14N2OS. The molecule has 2 aliphatic rings. The molecule has 3 nitrogen and oxygen atoms in total. The summed E-state index contributed by atoms with van der Waals surface area (Å²) in [6.07, 6.45) is 1.04. The van der Waals surface area contributed by atoms with Crippen molar-refractivity contribution in [1.29, 1.82) is 0 Å². The Balaban J connectivity index is 2.14. The highest BCUT2D eigenvalue weighted by Crippen LogP contribution is 2.28. The van der Waals surface area contributed by atoms with Gasteiger partial charge in [0.25, 0.3) is 0 Å². The number of likely N-dealkylation sites (tertiary alicyclic amines) is 1. The van der Waals surface area contributed by atoms with Crippen molar-refractivity contribution in [3.8, 4) is 0 Å². The van der Waals surface area contributed by atoms with E-state index in [1.165, 1.54) is 0 Å². The lowest BCUT2D eigenvalue weighted by Crippen LogP contribution is -2.48. The maximum Gasteiger partial charge on any atom is 0.152 e. The lowest BCUT2D eigenvalue weighted by Gasteiger charge is -2.33. The molecule has 0 radical (unpaired) electrons. The topological polar surface area (TPSA) is 23.6 Å². The Morgan fingerprint density at radius 3 is 3.08 bits per heavy atom. The van der Waals surface area contributed by atoms with E-state index in [0.717, 1.165) is 19.5 Å². The maximum atomic E-state index is 11.5. The number of Topliss-reactive ketones (excluding diaryl/α,β-unsaturated/α-hetero) is 1. The number of rotatable bonds is 0. The highest BCUT2D eigenvalue weighted by atomic mass is 32.1. The molecule has 2 fully saturated rings. The van der Waals surface area contributed by atoms with Gasteiger partial charge in [-0.15, -0.1) is 0 Å². The Labute approximate surface area is 78.3 Å². The Bertz CT molecular complexity index is 209. The predicted molar refractivity (Wildman–Crippen MR) is 50.1 cm³/mol. The Morgan fingerprint density at radius 1 is 1.58 bits per heavy atom. The fraction of sp³-hybridized carbons (Fsp3) is 0.875. The summed E-state index contributed by atoms with van der Waals surface area (Å²) in [6.45, 7) is 2.51. The fourth-order valence-corrected chi connectivity index (χ4v) is 2.53. The second-order valence-corrected chi connectivity index (χ2v) is 4.32. The van der Waals surface area contributed by atoms with E-state index in [0.29, 0.717) is 24.3 Å². The second-order valence-electron chi connectivity index (χ2n) is 3.76. The van der Waals surface area contributed by atoms with E-state index in [9.17, 15) is 4.79 Å². The molecule has 0 N–H and O–H groups in total. The second kappa shape index (κ2) is 3.01. The molecule has 0 amide bonds. The summed E-state index contributed by atoms with van der Waals surface area (Å²) in [4.78, 5) is 13.8. The molecule has 12 heavy (non-hydrogen) atoms. The molecular weight excluding hydrogens is 172 g/mol. The van der Waals surface area contributed by atoms with Crippen LogP contribution >= 0.6 is 12.8 Å². The van der Waals surface area contributed by atoms with Gasteiger partial charge < -0.3 is 4.90 Å². The summed E-state index contributed by atoms with van der Waals surface area (Å²) in [6, 6.07) is 0.420. The van der Waals surface area contributed by atoms with Crippen LogP contribution in [0, 0.1) is 5.92 Å². The number of carbonyl (C=O) groups excluding carboxylic acids is 1. The number of piperidine rings is 1. The lowest BCUT2D eigenvalue weighted by molar-refractivity contribution is -0.125. The molecule has 0 bridgehead atoms. The average molecular weight is 186 g/mol. The molecule has 0 aromatic carbocycles. The zero-order chi connectivity index (χ0) is 8.72. The van der Waals surface area contributed by atoms with E-state index in [2.05, 4.69) is 24.8 Å². The molecule has 2 heterocycles. The number of thiol groups is 1. The summed E-state index contributed by atoms with van der Waals surface area (Å²) < 4.78 is 1.82. The van der Waals surface area contributed by atoms with Crippen LogP contribution in [-0.2, 0) is 4.79 Å². The van der Waals surface area contributed by atoms with Gasteiger partial charge in [0.1, 0.15) is 0 Å². The molecule has 2 unspecified atom stereocenters. The number of hydrogen-bond donors (Lipinski definition) is 1. The van der Waals surface area contributed by atoms with E-state index in [4.69, 9.17) is 0 Å². The predicted octanol–water partition coefficient (Wildman–Crippen LogP) is 0.0362. The van der Waals surface area contributed by atoms with Gasteiger partial charge in [0.15, 0.2) is 5.78 Å². The summed E-state index contributed by atoms with van der Waals surface area (Å²) in [7, 11) is 2.09. The van der Waals surface area contributed by atoms with Gasteiger partial charge in [0.2, 0.25) is 0 Å². The molecule has 0 spiro atoms. The SMILES string of the molecule is CN1CCC2C(=O)CN(S)CC21. The van der Waals surface area contributed by atoms with Crippen LogP contribution < -0.4 is 0 Å². The highest BCUT2D eigenvalue weighted by molar-refractivity contribution is 7.77. The molecule has 0 aliphatic carbocycles. The van der Waals surface area contributed by atoms with Crippen molar-refractivity contribution < 1.29 is 4.79 Å². The lowest BCUT2D eigenvalue weighted by atomic mass is 9.92. The Kier molecular flexibility index (Phi) is 2.14. The van der Waals surface area contributed by atoms with Gasteiger partial charge in [0, 0.05) is 18.5 Å². The van der Waals surface area contributed by atoms with E-state index in [1.807, 2.05) is 4.31 Å². The number of carbonyl (C=O) groups is 1. The molecule has 0 aromatic rings. The van der Waals surface area contributed by atoms with Crippen molar-refractivity contribution in [2.75, 3.05) is 26.7 Å². The van der Waals surface area contributed by atoms with Crippen molar-refractivity contribution in [2.45, 2.75) is 12.5 Å². The van der Waals surface area contributed by atoms with Crippen LogP contribution in [0.5, 0.6) is 0 Å². The molecule has 0 aromatic heterocycles. The van der Waals surface area contributed by atoms with Gasteiger partial charge in [-0.05, 0) is 20.0 Å². The van der Waals surface area contributed by atoms with Gasteiger partial charge >= 0.3 is 0 Å². The molecule has 2 aliphatic heterocycles. The van der Waals surface area contributed by atoms with Crippen LogP contribution in [0.3, 0.4) is 0 Å². The maximum absolute atomic E-state index is 11.5. The third kappa shape index (κ3) is 1.28. The van der Waals surface area contributed by atoms with Crippen molar-refractivity contribution in [3.63, 3.8) is 0 Å². The van der Waals surface area contributed by atoms with Crippen LogP contribution in [0.15, 0.2) is 0 Å². The quantitative estimate of drug-likeness (QED) is 0.540. The van der Waals surface area contributed by atoms with Crippen molar-refractivity contribution in [3.05, 3.63) is 0 Å². The van der Waals surface area contributed by atoms with Crippen LogP contribution in [0.2, 0.25) is 0 Å². The molecule has 68 valence electrons. The zero-order valence-corrected chi connectivity index (χ0v) is 8.13. The standard InChI is InChI=1S/C8H14N2OS/c1-9-3-2-6-7(9)4-10(12)5-8(6)11/h6-7,12H,2-5H2,1H3. The normalized spacial score (nSPS) is 38.7. The monoisotopic (exact) mass is 186 g/mol. The van der Waals surface area contributed by atoms with Crippen LogP contribution in [0.4, 0.5) is 0 Å². The first-order valence-corrected chi connectivity index (χ1v) is 4.75. The van der Waals surface area contributed by atoms with E-state index < -0.39 is 0 Å². The van der Waals surface area contributed by atoms with Crippen molar-refractivity contribution >= 4 is 18.6 Å². The van der Waals surface area contributed by atoms with Gasteiger partial charge in [-0.2, -0.15) is 0 Å². The first kappa shape index (κ1) is 8.53. The van der Waals surface area contributed by atoms with Crippen LogP contribution in [0.25, 0.3) is 0 Å². The number of hydrogen-bond acceptors (Lipinski definition) is 4. The third-order valence-electron chi connectivity index (χ3n) is 2.97. The van der Waals surface area contributed by atoms with Crippen molar-refractivity contribution in [2.24, 2.45) is 5.92 Å². The summed E-state index contributed by atoms with van der Waals surface area (Å²) in [5.74, 6) is 0.656. The number of fused-ring (bicyclic) bond motifs is 1. The van der Waals surface area contributed by atoms with Gasteiger partial charge in [-0.3, -0.25) is 4.79 Å². The summed E-state index contributed by atoms with van der Waals surface area (Å²) in [5.41, 5.74) is 0. The fourth-order valence-electron chi connectivity index (χ4n) is 2.23. The minimum atomic E-state index is 0.290. The Morgan fingerprint density at radius 2 is 2.33 bits per heavy atom. The number of likely N-dealkylation sites (N-methyl/N-ethyl adjacent to an activating group) is 1. The first-order chi connectivity index (χ1) is 5.68. The highest BCUT2D eigenvalue weighted by Gasteiger charge is 2.40. The summed E-state index contributed by atoms with van der Waals surface area (Å²) >= 11 is 4.23. The minimum Gasteiger partial charge on any atom is -0.301 e. The minimum absolute atomic E-state index is 0.290. The summed E-state index contributed by atoms with van der Waals surface area (Å²) in [5, 5.41) is 0. The van der Waals surface area contributed by atoms with E-state index in [1.54, 1.807) is 0 Å². The third-order valence-corrected chi connectivity index (χ3v) is 3.28. The molecule has 0 saturated carbocycles. The molecule has 4 heteroatoms. The first-order valence-electron chi connectivity index (χ1n) is 4.35. The van der Waals surface area contributed by atoms with Crippen LogP contribution in [-0.4, -0.2) is 47.7 Å².